The first-order valence-electron chi connectivity index (χ1n) is 12.7. The fourth-order valence-corrected chi connectivity index (χ4v) is 5.20. The Morgan fingerprint density at radius 2 is 1.05 bits per heavy atom. The first-order chi connectivity index (χ1) is 18.3. The van der Waals surface area contributed by atoms with E-state index in [1.807, 2.05) is 45.9 Å². The largest absolute Gasteiger partial charge is 0.479 e. The number of aryl methyl sites for hydroxylation is 5. The van der Waals surface area contributed by atoms with E-state index in [-0.39, 0.29) is 11.7 Å². The van der Waals surface area contributed by atoms with Gasteiger partial charge in [0, 0.05) is 5.92 Å². The third-order valence-corrected chi connectivity index (χ3v) is 6.80. The third-order valence-electron chi connectivity index (χ3n) is 6.80. The molecule has 7 heteroatoms. The standard InChI is InChI=1S/C32H32F4O3/c1-15-9-17(3)28(18(4)10-15)37-23-13-21(7)30(22(8)14-23)39-32-26(35)24(33)31(25(34)27(32)36)38-29-19(5)11-16(2)12-20(29)6/h9-14,19,29H,1-8H3. The van der Waals surface area contributed by atoms with Crippen molar-refractivity contribution >= 4 is 0 Å². The Balaban J connectivity index is 1.65. The molecule has 206 valence electrons. The minimum atomic E-state index is -1.68. The zero-order chi connectivity index (χ0) is 28.8. The molecule has 3 aromatic carbocycles. The van der Waals surface area contributed by atoms with Gasteiger partial charge in [0.05, 0.1) is 0 Å². The highest BCUT2D eigenvalue weighted by molar-refractivity contribution is 5.52. The molecule has 0 fully saturated rings. The van der Waals surface area contributed by atoms with Gasteiger partial charge in [-0.15, -0.1) is 0 Å². The molecule has 0 saturated carbocycles. The van der Waals surface area contributed by atoms with Crippen molar-refractivity contribution in [3.05, 3.63) is 98.6 Å². The van der Waals surface area contributed by atoms with Gasteiger partial charge in [-0.25, -0.2) is 0 Å². The van der Waals surface area contributed by atoms with Crippen LogP contribution >= 0.6 is 0 Å². The molecule has 0 N–H and O–H groups in total. The van der Waals surface area contributed by atoms with E-state index in [9.17, 15) is 0 Å². The maximum atomic E-state index is 15.1. The summed E-state index contributed by atoms with van der Waals surface area (Å²) >= 11 is 0. The van der Waals surface area contributed by atoms with Crippen LogP contribution in [-0.2, 0) is 0 Å². The molecule has 0 radical (unpaired) electrons. The summed E-state index contributed by atoms with van der Waals surface area (Å²) in [5.41, 5.74) is 5.61. The van der Waals surface area contributed by atoms with Gasteiger partial charge < -0.3 is 14.2 Å². The topological polar surface area (TPSA) is 27.7 Å². The molecule has 0 spiro atoms. The second-order valence-corrected chi connectivity index (χ2v) is 10.4. The summed E-state index contributed by atoms with van der Waals surface area (Å²) in [6.07, 6.45) is 2.88. The lowest BCUT2D eigenvalue weighted by molar-refractivity contribution is 0.173. The van der Waals surface area contributed by atoms with Gasteiger partial charge in [-0.2, -0.15) is 17.6 Å². The molecule has 0 bridgehead atoms. The number of benzene rings is 3. The lowest BCUT2D eigenvalue weighted by Crippen LogP contribution is -2.28. The van der Waals surface area contributed by atoms with Crippen molar-refractivity contribution < 1.29 is 31.8 Å². The summed E-state index contributed by atoms with van der Waals surface area (Å²) in [4.78, 5) is 0. The lowest BCUT2D eigenvalue weighted by atomic mass is 9.90. The van der Waals surface area contributed by atoms with Crippen LogP contribution in [0.5, 0.6) is 28.7 Å². The lowest BCUT2D eigenvalue weighted by Gasteiger charge is -2.28. The minimum Gasteiger partial charge on any atom is -0.479 e. The van der Waals surface area contributed by atoms with Crippen LogP contribution in [0.3, 0.4) is 0 Å². The Bertz CT molecular complexity index is 1450. The molecule has 4 rings (SSSR count). The van der Waals surface area contributed by atoms with Crippen LogP contribution < -0.4 is 14.2 Å². The molecular weight excluding hydrogens is 508 g/mol. The van der Waals surface area contributed by atoms with Gasteiger partial charge in [0.25, 0.3) is 0 Å². The van der Waals surface area contributed by atoms with Gasteiger partial charge in [-0.1, -0.05) is 42.3 Å². The molecule has 0 heterocycles. The molecule has 0 saturated heterocycles. The average Bonchev–Trinajstić information content (AvgIpc) is 2.83. The number of ether oxygens (including phenoxy) is 3. The van der Waals surface area contributed by atoms with Gasteiger partial charge in [-0.3, -0.25) is 0 Å². The summed E-state index contributed by atoms with van der Waals surface area (Å²) < 4.78 is 77.4. The predicted molar refractivity (Wildman–Crippen MR) is 144 cm³/mol. The van der Waals surface area contributed by atoms with Gasteiger partial charge in [0.15, 0.2) is 5.75 Å². The first-order valence-corrected chi connectivity index (χ1v) is 12.7. The van der Waals surface area contributed by atoms with E-state index >= 15 is 17.6 Å². The average molecular weight is 541 g/mol. The van der Waals surface area contributed by atoms with Gasteiger partial charge in [0.2, 0.25) is 29.0 Å². The van der Waals surface area contributed by atoms with Crippen LogP contribution in [0.15, 0.2) is 47.6 Å². The Morgan fingerprint density at radius 3 is 1.56 bits per heavy atom. The molecule has 1 aliphatic rings. The van der Waals surface area contributed by atoms with E-state index in [1.165, 1.54) is 0 Å². The van der Waals surface area contributed by atoms with Crippen LogP contribution in [0.25, 0.3) is 0 Å². The van der Waals surface area contributed by atoms with Crippen LogP contribution in [0, 0.1) is 63.8 Å². The van der Waals surface area contributed by atoms with Gasteiger partial charge >= 0.3 is 0 Å². The van der Waals surface area contributed by atoms with E-state index in [0.717, 1.165) is 22.3 Å². The normalized spacial score (nSPS) is 17.0. The van der Waals surface area contributed by atoms with Crippen molar-refractivity contribution in [1.82, 2.24) is 0 Å². The Kier molecular flexibility index (Phi) is 7.82. The predicted octanol–water partition coefficient (Wildman–Crippen LogP) is 9.66. The number of hydrogen-bond donors (Lipinski definition) is 0. The molecule has 2 unspecified atom stereocenters. The molecular formula is C32H32F4O3. The molecule has 0 aromatic heterocycles. The van der Waals surface area contributed by atoms with Crippen molar-refractivity contribution in [1.29, 1.82) is 0 Å². The molecule has 39 heavy (non-hydrogen) atoms. The second kappa shape index (κ2) is 10.8. The SMILES string of the molecule is CC1=CC(C)C(Oc2c(F)c(F)c(Oc3c(C)cc(Oc4c(C)cc(C)cc4C)cc3C)c(F)c2F)C(C)=C1. The fourth-order valence-electron chi connectivity index (χ4n) is 5.20. The van der Waals surface area contributed by atoms with Gasteiger partial charge in [0.1, 0.15) is 23.4 Å². The molecule has 0 aliphatic heterocycles. The van der Waals surface area contributed by atoms with Crippen molar-refractivity contribution in [2.45, 2.75) is 61.5 Å². The van der Waals surface area contributed by atoms with Crippen molar-refractivity contribution in [3.8, 4) is 28.7 Å². The zero-order valence-corrected chi connectivity index (χ0v) is 23.4. The molecule has 3 aromatic rings. The second-order valence-electron chi connectivity index (χ2n) is 10.4. The summed E-state index contributed by atoms with van der Waals surface area (Å²) in [5, 5.41) is 0. The molecule has 0 amide bonds. The maximum Gasteiger partial charge on any atom is 0.208 e. The minimum absolute atomic E-state index is 0.0604. The molecule has 1 aliphatic carbocycles. The van der Waals surface area contributed by atoms with Crippen molar-refractivity contribution in [2.75, 3.05) is 0 Å². The third kappa shape index (κ3) is 5.54. The molecule has 2 atom stereocenters. The molecule has 3 nitrogen and oxygen atoms in total. The Hall–Kier alpha value is -3.74. The van der Waals surface area contributed by atoms with E-state index in [2.05, 4.69) is 0 Å². The summed E-state index contributed by atoms with van der Waals surface area (Å²) in [6.45, 7) is 14.6. The van der Waals surface area contributed by atoms with Crippen LogP contribution in [0.1, 0.15) is 48.6 Å². The van der Waals surface area contributed by atoms with Gasteiger partial charge in [-0.05, 0) is 88.4 Å². The van der Waals surface area contributed by atoms with Crippen molar-refractivity contribution in [2.24, 2.45) is 5.92 Å². The van der Waals surface area contributed by atoms with E-state index in [4.69, 9.17) is 14.2 Å². The summed E-state index contributed by atoms with van der Waals surface area (Å²) in [5.74, 6) is -7.96. The number of hydrogen-bond acceptors (Lipinski definition) is 3. The Labute approximate surface area is 226 Å². The monoisotopic (exact) mass is 540 g/mol. The highest BCUT2D eigenvalue weighted by Crippen LogP contribution is 2.41. The summed E-state index contributed by atoms with van der Waals surface area (Å²) in [6, 6.07) is 7.28. The summed E-state index contributed by atoms with van der Waals surface area (Å²) in [7, 11) is 0. The maximum absolute atomic E-state index is 15.1. The van der Waals surface area contributed by atoms with Crippen LogP contribution in [0.2, 0.25) is 0 Å². The fraction of sp³-hybridized carbons (Fsp3) is 0.312. The van der Waals surface area contributed by atoms with E-state index in [1.54, 1.807) is 45.9 Å². The van der Waals surface area contributed by atoms with E-state index < -0.39 is 40.9 Å². The highest BCUT2D eigenvalue weighted by Gasteiger charge is 2.32. The Morgan fingerprint density at radius 1 is 0.590 bits per heavy atom. The highest BCUT2D eigenvalue weighted by atomic mass is 19.2. The van der Waals surface area contributed by atoms with Crippen molar-refractivity contribution in [3.63, 3.8) is 0 Å². The quantitative estimate of drug-likeness (QED) is 0.230. The van der Waals surface area contributed by atoms with Crippen LogP contribution in [-0.4, -0.2) is 6.10 Å². The van der Waals surface area contributed by atoms with E-state index in [0.29, 0.717) is 28.2 Å². The number of allylic oxidation sites excluding steroid dienone is 2. The smallest absolute Gasteiger partial charge is 0.208 e. The first kappa shape index (κ1) is 28.3. The van der Waals surface area contributed by atoms with Crippen LogP contribution in [0.4, 0.5) is 17.6 Å². The number of rotatable bonds is 6. The number of halogens is 4. The zero-order valence-electron chi connectivity index (χ0n) is 23.4.